The third kappa shape index (κ3) is 2.17. The predicted molar refractivity (Wildman–Crippen MR) is 70.6 cm³/mol. The molecule has 2 atom stereocenters. The molecule has 2 aliphatic rings. The first kappa shape index (κ1) is 12.0. The van der Waals surface area contributed by atoms with Crippen LogP contribution in [-0.2, 0) is 15.4 Å². The van der Waals surface area contributed by atoms with Gasteiger partial charge in [0.15, 0.2) is 5.76 Å². The van der Waals surface area contributed by atoms with Gasteiger partial charge in [-0.25, -0.2) is 0 Å². The second-order valence-electron chi connectivity index (χ2n) is 4.48. The summed E-state index contributed by atoms with van der Waals surface area (Å²) in [7, 11) is 0. The quantitative estimate of drug-likeness (QED) is 0.670. The lowest BCUT2D eigenvalue weighted by atomic mass is 9.83. The van der Waals surface area contributed by atoms with Gasteiger partial charge in [0.05, 0.1) is 5.71 Å². The third-order valence-electron chi connectivity index (χ3n) is 3.12. The Bertz CT molecular complexity index is 526. The van der Waals surface area contributed by atoms with Crippen molar-refractivity contribution >= 4 is 17.0 Å². The second-order valence-corrected chi connectivity index (χ2v) is 5.27. The highest BCUT2D eigenvalue weighted by Crippen LogP contribution is 2.34. The first-order valence-corrected chi connectivity index (χ1v) is 6.40. The zero-order valence-corrected chi connectivity index (χ0v) is 11.0. The fourth-order valence-electron chi connectivity index (χ4n) is 1.65. The Kier molecular flexibility index (Phi) is 2.91. The zero-order chi connectivity index (χ0) is 12.6. The van der Waals surface area contributed by atoms with E-state index >= 15 is 0 Å². The van der Waals surface area contributed by atoms with Gasteiger partial charge < -0.3 is 4.18 Å². The normalized spacial score (nSPS) is 31.5. The second kappa shape index (κ2) is 4.11. The van der Waals surface area contributed by atoms with Crippen LogP contribution in [0, 0.1) is 5.41 Å². The molecule has 1 aliphatic heterocycles. The Hall–Kier alpha value is -1.42. The Morgan fingerprint density at radius 2 is 2.12 bits per heavy atom. The van der Waals surface area contributed by atoms with Crippen molar-refractivity contribution in [3.05, 3.63) is 47.8 Å². The van der Waals surface area contributed by atoms with Crippen LogP contribution in [0.4, 0.5) is 0 Å². The van der Waals surface area contributed by atoms with E-state index in [9.17, 15) is 4.21 Å². The lowest BCUT2D eigenvalue weighted by molar-refractivity contribution is 0.468. The average Bonchev–Trinajstić information content (AvgIpc) is 2.40. The molecular formula is C13H15NO2S. The van der Waals surface area contributed by atoms with Crippen LogP contribution in [0.5, 0.6) is 0 Å². The van der Waals surface area contributed by atoms with E-state index in [1.54, 1.807) is 0 Å². The minimum Gasteiger partial charge on any atom is -0.383 e. The largest absolute Gasteiger partial charge is 0.383 e. The predicted octanol–water partition coefficient (Wildman–Crippen LogP) is 3.02. The van der Waals surface area contributed by atoms with Crippen molar-refractivity contribution in [2.45, 2.75) is 20.8 Å². The van der Waals surface area contributed by atoms with Gasteiger partial charge in [0, 0.05) is 11.0 Å². The Balaban J connectivity index is 2.47. The molecular weight excluding hydrogens is 234 g/mol. The highest BCUT2D eigenvalue weighted by atomic mass is 32.2. The van der Waals surface area contributed by atoms with Crippen molar-refractivity contribution in [2.24, 2.45) is 9.81 Å². The highest BCUT2D eigenvalue weighted by Gasteiger charge is 2.24. The van der Waals surface area contributed by atoms with E-state index in [1.165, 1.54) is 0 Å². The van der Waals surface area contributed by atoms with Crippen molar-refractivity contribution in [3.8, 4) is 0 Å². The fraction of sp³-hybridized carbons (Fsp3) is 0.308. The summed E-state index contributed by atoms with van der Waals surface area (Å²) in [6.07, 6.45) is 7.87. The van der Waals surface area contributed by atoms with Gasteiger partial charge in [-0.1, -0.05) is 30.4 Å². The van der Waals surface area contributed by atoms with Gasteiger partial charge in [-0.3, -0.25) is 0 Å². The molecule has 1 heterocycles. The van der Waals surface area contributed by atoms with Gasteiger partial charge in [-0.2, -0.15) is 8.61 Å². The van der Waals surface area contributed by atoms with Crippen LogP contribution in [0.25, 0.3) is 0 Å². The molecule has 1 aliphatic carbocycles. The molecule has 0 bridgehead atoms. The van der Waals surface area contributed by atoms with Crippen LogP contribution in [-0.4, -0.2) is 9.92 Å². The molecule has 2 unspecified atom stereocenters. The molecule has 0 saturated heterocycles. The molecule has 4 heteroatoms. The minimum absolute atomic E-state index is 0.206. The van der Waals surface area contributed by atoms with Crippen LogP contribution in [0.1, 0.15) is 20.8 Å². The van der Waals surface area contributed by atoms with Gasteiger partial charge in [-0.05, 0) is 26.8 Å². The molecule has 0 saturated carbocycles. The molecule has 0 aromatic heterocycles. The molecule has 3 nitrogen and oxygen atoms in total. The van der Waals surface area contributed by atoms with Crippen LogP contribution in [0.3, 0.4) is 0 Å². The van der Waals surface area contributed by atoms with Crippen molar-refractivity contribution < 1.29 is 8.39 Å². The van der Waals surface area contributed by atoms with E-state index in [-0.39, 0.29) is 5.41 Å². The maximum absolute atomic E-state index is 11.3. The van der Waals surface area contributed by atoms with Crippen LogP contribution < -0.4 is 0 Å². The van der Waals surface area contributed by atoms with Crippen LogP contribution in [0.15, 0.2) is 52.2 Å². The number of rotatable bonds is 1. The molecule has 0 spiro atoms. The fourth-order valence-corrected chi connectivity index (χ4v) is 2.30. The van der Waals surface area contributed by atoms with Gasteiger partial charge in [-0.15, -0.1) is 0 Å². The number of nitrogens with zero attached hydrogens (tertiary/aromatic N) is 1. The zero-order valence-electron chi connectivity index (χ0n) is 10.2. The first-order chi connectivity index (χ1) is 7.92. The summed E-state index contributed by atoms with van der Waals surface area (Å²) in [6, 6.07) is 0. The Labute approximate surface area is 104 Å². The molecule has 0 aromatic carbocycles. The summed E-state index contributed by atoms with van der Waals surface area (Å²) in [4.78, 5) is 0. The number of hydrogen-bond donors (Lipinski definition) is 0. The molecule has 0 amide bonds. The summed E-state index contributed by atoms with van der Waals surface area (Å²) >= 11 is -1.61. The van der Waals surface area contributed by atoms with E-state index in [0.29, 0.717) is 5.76 Å². The van der Waals surface area contributed by atoms with Crippen LogP contribution in [0.2, 0.25) is 0 Å². The van der Waals surface area contributed by atoms with E-state index in [4.69, 9.17) is 4.18 Å². The summed E-state index contributed by atoms with van der Waals surface area (Å²) < 4.78 is 20.4. The van der Waals surface area contributed by atoms with Gasteiger partial charge in [0.2, 0.25) is 0 Å². The van der Waals surface area contributed by atoms with Crippen molar-refractivity contribution in [2.75, 3.05) is 0 Å². The average molecular weight is 249 g/mol. The molecule has 0 N–H and O–H groups in total. The molecule has 0 fully saturated rings. The maximum atomic E-state index is 11.3. The highest BCUT2D eigenvalue weighted by molar-refractivity contribution is 7.79. The van der Waals surface area contributed by atoms with Crippen molar-refractivity contribution in [3.63, 3.8) is 0 Å². The Morgan fingerprint density at radius 3 is 2.76 bits per heavy atom. The monoisotopic (exact) mass is 249 g/mol. The van der Waals surface area contributed by atoms with E-state index in [0.717, 1.165) is 16.9 Å². The number of hydrogen-bond acceptors (Lipinski definition) is 2. The first-order valence-electron chi connectivity index (χ1n) is 5.37. The number of allylic oxidation sites excluding steroid dienone is 6. The van der Waals surface area contributed by atoms with Gasteiger partial charge in [0.1, 0.15) is 0 Å². The van der Waals surface area contributed by atoms with Crippen molar-refractivity contribution in [1.82, 2.24) is 0 Å². The van der Waals surface area contributed by atoms with E-state index in [2.05, 4.69) is 24.0 Å². The molecule has 17 heavy (non-hydrogen) atoms. The van der Waals surface area contributed by atoms with E-state index < -0.39 is 11.3 Å². The maximum Gasteiger partial charge on any atom is 0.339 e. The lowest BCUT2D eigenvalue weighted by Gasteiger charge is -2.21. The molecule has 90 valence electrons. The van der Waals surface area contributed by atoms with Gasteiger partial charge >= 0.3 is 11.3 Å². The third-order valence-corrected chi connectivity index (χ3v) is 3.87. The topological polar surface area (TPSA) is 38.7 Å². The summed E-state index contributed by atoms with van der Waals surface area (Å²) in [5, 5.41) is 0. The van der Waals surface area contributed by atoms with Crippen LogP contribution >= 0.6 is 0 Å². The Morgan fingerprint density at radius 1 is 1.47 bits per heavy atom. The molecule has 0 aromatic rings. The van der Waals surface area contributed by atoms with E-state index in [1.807, 2.05) is 32.1 Å². The summed E-state index contributed by atoms with van der Waals surface area (Å²) in [6.45, 7) is 9.88. The summed E-state index contributed by atoms with van der Waals surface area (Å²) in [5.74, 6) is 0.608. The SMILES string of the molecule is C=C(C)C1(C)C=CC2=C(C=C1)C(C)=NS(=O)O2. The van der Waals surface area contributed by atoms with Crippen molar-refractivity contribution in [1.29, 1.82) is 0 Å². The lowest BCUT2D eigenvalue weighted by Crippen LogP contribution is -2.10. The standard InChI is InChI=1S/C13H15NO2S/c1-9(2)13(4)7-5-11-10(3)14-17(15)16-12(11)6-8-13/h5-8H,1H2,2-4H3. The summed E-state index contributed by atoms with van der Waals surface area (Å²) in [5.41, 5.74) is 2.45. The minimum atomic E-state index is -1.61. The smallest absolute Gasteiger partial charge is 0.339 e. The molecule has 0 radical (unpaired) electrons. The van der Waals surface area contributed by atoms with Gasteiger partial charge in [0.25, 0.3) is 0 Å². The molecule has 2 rings (SSSR count).